The fourth-order valence-corrected chi connectivity index (χ4v) is 2.12. The fraction of sp³-hybridized carbons (Fsp3) is 0.0833. The molecule has 0 aliphatic carbocycles. The molecule has 3 aromatic rings. The number of benzene rings is 1. The van der Waals surface area contributed by atoms with Gasteiger partial charge in [0.25, 0.3) is 0 Å². The van der Waals surface area contributed by atoms with Crippen molar-refractivity contribution in [2.45, 2.75) is 0 Å². The van der Waals surface area contributed by atoms with Gasteiger partial charge < -0.3 is 10.5 Å². The van der Waals surface area contributed by atoms with Gasteiger partial charge in [-0.05, 0) is 12.1 Å². The summed E-state index contributed by atoms with van der Waals surface area (Å²) in [7, 11) is 1.60. The van der Waals surface area contributed by atoms with Crippen molar-refractivity contribution < 1.29 is 4.74 Å². The monoisotopic (exact) mass is 275 g/mol. The number of methoxy groups -OCH3 is 1. The molecule has 0 amide bonds. The number of hydrogen-bond acceptors (Lipinski definition) is 5. The number of hydrogen-bond donors (Lipinski definition) is 1. The maximum atomic E-state index is 6.10. The smallest absolute Gasteiger partial charge is 0.207 e. The van der Waals surface area contributed by atoms with Crippen LogP contribution in [0.5, 0.6) is 5.75 Å². The molecule has 0 spiro atoms. The molecule has 0 radical (unpaired) electrons. The van der Waals surface area contributed by atoms with Crippen LogP contribution in [0.2, 0.25) is 5.15 Å². The van der Waals surface area contributed by atoms with E-state index in [1.165, 1.54) is 6.33 Å². The maximum Gasteiger partial charge on any atom is 0.207 e. The van der Waals surface area contributed by atoms with Crippen LogP contribution in [0.15, 0.2) is 30.6 Å². The van der Waals surface area contributed by atoms with Gasteiger partial charge in [-0.15, -0.1) is 0 Å². The predicted molar refractivity (Wildman–Crippen MR) is 72.6 cm³/mol. The van der Waals surface area contributed by atoms with Gasteiger partial charge in [-0.2, -0.15) is 4.98 Å². The first kappa shape index (κ1) is 11.7. The number of nitrogen functional groups attached to an aromatic ring is 1. The number of fused-ring (bicyclic) bond motifs is 1. The molecule has 0 atom stereocenters. The van der Waals surface area contributed by atoms with Crippen LogP contribution in [-0.4, -0.2) is 26.6 Å². The summed E-state index contributed by atoms with van der Waals surface area (Å²) in [6, 6.07) is 7.41. The molecule has 19 heavy (non-hydrogen) atoms. The molecular formula is C12H10ClN5O. The average molecular weight is 276 g/mol. The molecule has 0 saturated carbocycles. The van der Waals surface area contributed by atoms with E-state index in [0.717, 1.165) is 5.69 Å². The van der Waals surface area contributed by atoms with Gasteiger partial charge in [0.15, 0.2) is 10.8 Å². The van der Waals surface area contributed by atoms with Crippen LogP contribution < -0.4 is 10.5 Å². The second kappa shape index (κ2) is 4.40. The number of imidazole rings is 1. The van der Waals surface area contributed by atoms with Gasteiger partial charge in [0, 0.05) is 6.07 Å². The number of ether oxygens (including phenoxy) is 1. The van der Waals surface area contributed by atoms with Gasteiger partial charge in [-0.1, -0.05) is 17.7 Å². The van der Waals surface area contributed by atoms with E-state index in [1.807, 2.05) is 24.3 Å². The Kier molecular flexibility index (Phi) is 2.72. The van der Waals surface area contributed by atoms with Crippen molar-refractivity contribution in [3.05, 3.63) is 35.7 Å². The first-order valence-electron chi connectivity index (χ1n) is 5.49. The first-order valence-corrected chi connectivity index (χ1v) is 5.87. The molecule has 1 aromatic carbocycles. The molecule has 0 bridgehead atoms. The summed E-state index contributed by atoms with van der Waals surface area (Å²) in [5, 5.41) is 0.303. The summed E-state index contributed by atoms with van der Waals surface area (Å²) in [6.07, 6.45) is 1.35. The molecule has 3 rings (SSSR count). The quantitative estimate of drug-likeness (QED) is 0.724. The molecule has 2 aromatic heterocycles. The van der Waals surface area contributed by atoms with Crippen molar-refractivity contribution in [3.63, 3.8) is 0 Å². The highest BCUT2D eigenvalue weighted by Gasteiger charge is 2.15. The zero-order valence-corrected chi connectivity index (χ0v) is 10.8. The summed E-state index contributed by atoms with van der Waals surface area (Å²) < 4.78 is 6.89. The highest BCUT2D eigenvalue weighted by molar-refractivity contribution is 6.33. The summed E-state index contributed by atoms with van der Waals surface area (Å²) in [5.41, 5.74) is 7.76. The third kappa shape index (κ3) is 1.86. The lowest BCUT2D eigenvalue weighted by molar-refractivity contribution is 0.414. The van der Waals surface area contributed by atoms with Crippen LogP contribution >= 0.6 is 11.6 Å². The highest BCUT2D eigenvalue weighted by atomic mass is 35.5. The summed E-state index contributed by atoms with van der Waals surface area (Å²) in [4.78, 5) is 12.2. The Balaban J connectivity index is 2.32. The van der Waals surface area contributed by atoms with Crippen LogP contribution in [0.1, 0.15) is 0 Å². The van der Waals surface area contributed by atoms with E-state index < -0.39 is 0 Å². The Labute approximate surface area is 113 Å². The van der Waals surface area contributed by atoms with Crippen molar-refractivity contribution in [2.75, 3.05) is 12.8 Å². The second-order valence-electron chi connectivity index (χ2n) is 3.84. The lowest BCUT2D eigenvalue weighted by Gasteiger charge is -2.08. The van der Waals surface area contributed by atoms with Crippen molar-refractivity contribution in [2.24, 2.45) is 0 Å². The van der Waals surface area contributed by atoms with E-state index in [-0.39, 0.29) is 0 Å². The average Bonchev–Trinajstić information content (AvgIpc) is 2.76. The molecule has 7 heteroatoms. The highest BCUT2D eigenvalue weighted by Crippen LogP contribution is 2.27. The minimum atomic E-state index is 0.297. The molecule has 2 heterocycles. The molecule has 0 aliphatic rings. The van der Waals surface area contributed by atoms with Crippen LogP contribution in [0.3, 0.4) is 0 Å². The maximum absolute atomic E-state index is 6.10. The largest absolute Gasteiger partial charge is 0.497 e. The molecule has 2 N–H and O–H groups in total. The zero-order valence-electron chi connectivity index (χ0n) is 10.0. The van der Waals surface area contributed by atoms with Crippen LogP contribution in [0.4, 0.5) is 5.95 Å². The number of rotatable bonds is 2. The molecule has 0 saturated heterocycles. The van der Waals surface area contributed by atoms with E-state index in [4.69, 9.17) is 22.1 Å². The lowest BCUT2D eigenvalue weighted by Crippen LogP contribution is -2.01. The predicted octanol–water partition coefficient (Wildman–Crippen LogP) is 2.06. The van der Waals surface area contributed by atoms with Gasteiger partial charge in [0.05, 0.1) is 12.8 Å². The number of aromatic nitrogens is 4. The van der Waals surface area contributed by atoms with Crippen LogP contribution in [0, 0.1) is 0 Å². The van der Waals surface area contributed by atoms with Gasteiger partial charge in [-0.3, -0.25) is 4.57 Å². The molecule has 0 unspecified atom stereocenters. The van der Waals surface area contributed by atoms with E-state index in [1.54, 1.807) is 11.7 Å². The Morgan fingerprint density at radius 3 is 2.95 bits per heavy atom. The molecule has 0 fully saturated rings. The molecule has 0 aliphatic heterocycles. The van der Waals surface area contributed by atoms with Gasteiger partial charge >= 0.3 is 0 Å². The van der Waals surface area contributed by atoms with E-state index in [2.05, 4.69) is 15.0 Å². The SMILES string of the molecule is COc1cccc(-n2c(N)nc3ncnc(Cl)c32)c1. The zero-order chi connectivity index (χ0) is 13.4. The van der Waals surface area contributed by atoms with Crippen LogP contribution in [0.25, 0.3) is 16.9 Å². The Morgan fingerprint density at radius 1 is 1.32 bits per heavy atom. The Bertz CT molecular complexity index is 755. The lowest BCUT2D eigenvalue weighted by atomic mass is 10.3. The van der Waals surface area contributed by atoms with Crippen molar-refractivity contribution >= 4 is 28.7 Å². The standard InChI is InChI=1S/C12H10ClN5O/c1-19-8-4-2-3-7(5-8)18-9-10(13)15-6-16-11(9)17-12(18)14/h2-6H,1H3,(H2,14,15,16,17). The van der Waals surface area contributed by atoms with Crippen molar-refractivity contribution in [3.8, 4) is 11.4 Å². The number of anilines is 1. The van der Waals surface area contributed by atoms with Crippen molar-refractivity contribution in [1.29, 1.82) is 0 Å². The molecule has 6 nitrogen and oxygen atoms in total. The van der Waals surface area contributed by atoms with Gasteiger partial charge in [-0.25, -0.2) is 9.97 Å². The van der Waals surface area contributed by atoms with Crippen molar-refractivity contribution in [1.82, 2.24) is 19.5 Å². The minimum Gasteiger partial charge on any atom is -0.497 e. The van der Waals surface area contributed by atoms with E-state index in [0.29, 0.717) is 28.0 Å². The summed E-state index contributed by atoms with van der Waals surface area (Å²) in [6.45, 7) is 0. The second-order valence-corrected chi connectivity index (χ2v) is 4.20. The number of halogens is 1. The summed E-state index contributed by atoms with van der Waals surface area (Å²) in [5.74, 6) is 1.01. The Morgan fingerprint density at radius 2 is 2.16 bits per heavy atom. The molecular weight excluding hydrogens is 266 g/mol. The number of nitrogens with two attached hydrogens (primary N) is 1. The third-order valence-corrected chi connectivity index (χ3v) is 3.02. The third-order valence-electron chi connectivity index (χ3n) is 2.74. The van der Waals surface area contributed by atoms with E-state index >= 15 is 0 Å². The molecule has 96 valence electrons. The first-order chi connectivity index (χ1) is 9.20. The summed E-state index contributed by atoms with van der Waals surface area (Å²) >= 11 is 6.10. The fourth-order valence-electron chi connectivity index (χ4n) is 1.91. The number of nitrogens with zero attached hydrogens (tertiary/aromatic N) is 4. The topological polar surface area (TPSA) is 78.9 Å². The minimum absolute atomic E-state index is 0.297. The van der Waals surface area contributed by atoms with Gasteiger partial charge in [0.2, 0.25) is 5.95 Å². The van der Waals surface area contributed by atoms with E-state index in [9.17, 15) is 0 Å². The normalized spacial score (nSPS) is 10.8. The van der Waals surface area contributed by atoms with Crippen LogP contribution in [-0.2, 0) is 0 Å². The Hall–Kier alpha value is -2.34. The van der Waals surface area contributed by atoms with Gasteiger partial charge in [0.1, 0.15) is 17.6 Å².